The lowest BCUT2D eigenvalue weighted by molar-refractivity contribution is -0.122. The molecule has 0 saturated carbocycles. The molecule has 1 amide bonds. The maximum absolute atomic E-state index is 11.5. The number of hydrogen-bond acceptors (Lipinski definition) is 2. The van der Waals surface area contributed by atoms with Gasteiger partial charge in [-0.2, -0.15) is 0 Å². The van der Waals surface area contributed by atoms with Crippen LogP contribution in [0.5, 0.6) is 0 Å². The number of nitrogens with one attached hydrogen (secondary N) is 2. The van der Waals surface area contributed by atoms with Gasteiger partial charge >= 0.3 is 0 Å². The standard InChI is InChI=1S/C12H18N2O/c1-3-13-10(2)12(15)14-9-11-7-5-4-6-8-11/h4-8,10,13H,3,9H2,1-2H3,(H,14,15)/t10-/m1/s1. The van der Waals surface area contributed by atoms with E-state index in [1.54, 1.807) is 0 Å². The van der Waals surface area contributed by atoms with Crippen LogP contribution in [-0.4, -0.2) is 18.5 Å². The Balaban J connectivity index is 2.34. The van der Waals surface area contributed by atoms with E-state index in [9.17, 15) is 4.79 Å². The van der Waals surface area contributed by atoms with Crippen LogP contribution in [-0.2, 0) is 11.3 Å². The van der Waals surface area contributed by atoms with Crippen molar-refractivity contribution in [2.45, 2.75) is 26.4 Å². The number of hydrogen-bond donors (Lipinski definition) is 2. The Bertz CT molecular complexity index is 298. The van der Waals surface area contributed by atoms with E-state index in [4.69, 9.17) is 0 Å². The van der Waals surface area contributed by atoms with Crippen LogP contribution in [0.25, 0.3) is 0 Å². The first-order valence-corrected chi connectivity index (χ1v) is 5.29. The van der Waals surface area contributed by atoms with Gasteiger partial charge in [0.25, 0.3) is 0 Å². The summed E-state index contributed by atoms with van der Waals surface area (Å²) in [5.74, 6) is 0.0423. The van der Waals surface area contributed by atoms with Crippen LogP contribution in [0.15, 0.2) is 30.3 Å². The summed E-state index contributed by atoms with van der Waals surface area (Å²) in [4.78, 5) is 11.5. The van der Waals surface area contributed by atoms with E-state index in [0.717, 1.165) is 12.1 Å². The van der Waals surface area contributed by atoms with E-state index in [1.165, 1.54) is 0 Å². The fourth-order valence-corrected chi connectivity index (χ4v) is 1.34. The van der Waals surface area contributed by atoms with E-state index in [0.29, 0.717) is 6.54 Å². The average molecular weight is 206 g/mol. The molecule has 0 aliphatic heterocycles. The van der Waals surface area contributed by atoms with Crippen molar-refractivity contribution in [2.24, 2.45) is 0 Å². The monoisotopic (exact) mass is 206 g/mol. The van der Waals surface area contributed by atoms with Gasteiger partial charge in [0.2, 0.25) is 5.91 Å². The smallest absolute Gasteiger partial charge is 0.237 e. The van der Waals surface area contributed by atoms with Crippen molar-refractivity contribution in [1.82, 2.24) is 10.6 Å². The number of rotatable bonds is 5. The molecule has 0 bridgehead atoms. The second kappa shape index (κ2) is 6.19. The van der Waals surface area contributed by atoms with Gasteiger partial charge in [-0.05, 0) is 19.0 Å². The van der Waals surface area contributed by atoms with Gasteiger partial charge in [-0.3, -0.25) is 4.79 Å². The lowest BCUT2D eigenvalue weighted by Gasteiger charge is -2.12. The van der Waals surface area contributed by atoms with Gasteiger partial charge in [-0.1, -0.05) is 37.3 Å². The number of carbonyl (C=O) groups is 1. The molecule has 1 rings (SSSR count). The van der Waals surface area contributed by atoms with Crippen LogP contribution in [0.4, 0.5) is 0 Å². The van der Waals surface area contributed by atoms with E-state index in [-0.39, 0.29) is 11.9 Å². The summed E-state index contributed by atoms with van der Waals surface area (Å²) >= 11 is 0. The molecule has 1 atom stereocenters. The molecule has 0 aliphatic carbocycles. The molecule has 1 aromatic rings. The second-order valence-corrected chi connectivity index (χ2v) is 3.48. The zero-order valence-electron chi connectivity index (χ0n) is 9.29. The van der Waals surface area contributed by atoms with Crippen molar-refractivity contribution in [3.8, 4) is 0 Å². The predicted molar refractivity (Wildman–Crippen MR) is 61.4 cm³/mol. The van der Waals surface area contributed by atoms with Gasteiger partial charge in [-0.15, -0.1) is 0 Å². The van der Waals surface area contributed by atoms with Gasteiger partial charge in [0.1, 0.15) is 0 Å². The van der Waals surface area contributed by atoms with Gasteiger partial charge in [0, 0.05) is 6.54 Å². The van der Waals surface area contributed by atoms with Crippen molar-refractivity contribution in [2.75, 3.05) is 6.54 Å². The molecule has 0 aromatic heterocycles. The lowest BCUT2D eigenvalue weighted by Crippen LogP contribution is -2.41. The minimum atomic E-state index is -0.126. The molecular formula is C12H18N2O. The Morgan fingerprint density at radius 2 is 2.00 bits per heavy atom. The molecular weight excluding hydrogens is 188 g/mol. The van der Waals surface area contributed by atoms with Crippen molar-refractivity contribution in [3.05, 3.63) is 35.9 Å². The summed E-state index contributed by atoms with van der Waals surface area (Å²) in [5.41, 5.74) is 1.12. The molecule has 0 heterocycles. The molecule has 3 heteroatoms. The molecule has 0 spiro atoms. The summed E-state index contributed by atoms with van der Waals surface area (Å²) in [6.07, 6.45) is 0. The third kappa shape index (κ3) is 4.13. The van der Waals surface area contributed by atoms with E-state index in [1.807, 2.05) is 44.2 Å². The third-order valence-corrected chi connectivity index (χ3v) is 2.21. The minimum absolute atomic E-state index is 0.0423. The van der Waals surface area contributed by atoms with E-state index >= 15 is 0 Å². The molecule has 82 valence electrons. The van der Waals surface area contributed by atoms with Crippen molar-refractivity contribution in [3.63, 3.8) is 0 Å². The molecule has 3 nitrogen and oxygen atoms in total. The number of benzene rings is 1. The predicted octanol–water partition coefficient (Wildman–Crippen LogP) is 1.30. The lowest BCUT2D eigenvalue weighted by atomic mass is 10.2. The van der Waals surface area contributed by atoms with Gasteiger partial charge in [0.05, 0.1) is 6.04 Å². The summed E-state index contributed by atoms with van der Waals surface area (Å²) < 4.78 is 0. The van der Waals surface area contributed by atoms with Crippen LogP contribution in [0.2, 0.25) is 0 Å². The highest BCUT2D eigenvalue weighted by atomic mass is 16.2. The highest BCUT2D eigenvalue weighted by Gasteiger charge is 2.09. The Kier molecular flexibility index (Phi) is 4.84. The quantitative estimate of drug-likeness (QED) is 0.762. The van der Waals surface area contributed by atoms with Gasteiger partial charge in [-0.25, -0.2) is 0 Å². The van der Waals surface area contributed by atoms with E-state index < -0.39 is 0 Å². The van der Waals surface area contributed by atoms with Crippen LogP contribution in [0.1, 0.15) is 19.4 Å². The summed E-state index contributed by atoms with van der Waals surface area (Å²) in [7, 11) is 0. The number of carbonyl (C=O) groups excluding carboxylic acids is 1. The molecule has 0 unspecified atom stereocenters. The summed E-state index contributed by atoms with van der Waals surface area (Å²) in [6.45, 7) is 5.25. The maximum atomic E-state index is 11.5. The normalized spacial score (nSPS) is 12.1. The Morgan fingerprint density at radius 1 is 1.33 bits per heavy atom. The Morgan fingerprint density at radius 3 is 2.60 bits per heavy atom. The first-order valence-electron chi connectivity index (χ1n) is 5.29. The highest BCUT2D eigenvalue weighted by Crippen LogP contribution is 1.97. The SMILES string of the molecule is CCN[C@H](C)C(=O)NCc1ccccc1. The molecule has 2 N–H and O–H groups in total. The third-order valence-electron chi connectivity index (χ3n) is 2.21. The molecule has 0 radical (unpaired) electrons. The number of likely N-dealkylation sites (N-methyl/N-ethyl adjacent to an activating group) is 1. The Labute approximate surface area is 90.9 Å². The largest absolute Gasteiger partial charge is 0.351 e. The topological polar surface area (TPSA) is 41.1 Å². The average Bonchev–Trinajstić information content (AvgIpc) is 2.27. The molecule has 0 saturated heterocycles. The van der Waals surface area contributed by atoms with Crippen LogP contribution >= 0.6 is 0 Å². The first kappa shape index (κ1) is 11.7. The Hall–Kier alpha value is -1.35. The molecule has 0 aliphatic rings. The summed E-state index contributed by atoms with van der Waals surface area (Å²) in [5, 5.41) is 5.95. The van der Waals surface area contributed by atoms with Gasteiger partial charge in [0.15, 0.2) is 0 Å². The first-order chi connectivity index (χ1) is 7.24. The zero-order chi connectivity index (χ0) is 11.1. The highest BCUT2D eigenvalue weighted by molar-refractivity contribution is 5.81. The second-order valence-electron chi connectivity index (χ2n) is 3.48. The molecule has 0 fully saturated rings. The summed E-state index contributed by atoms with van der Waals surface area (Å²) in [6, 6.07) is 9.77. The van der Waals surface area contributed by atoms with Crippen molar-refractivity contribution in [1.29, 1.82) is 0 Å². The fourth-order valence-electron chi connectivity index (χ4n) is 1.34. The fraction of sp³-hybridized carbons (Fsp3) is 0.417. The van der Waals surface area contributed by atoms with E-state index in [2.05, 4.69) is 10.6 Å². The van der Waals surface area contributed by atoms with Crippen LogP contribution < -0.4 is 10.6 Å². The van der Waals surface area contributed by atoms with Crippen LogP contribution in [0.3, 0.4) is 0 Å². The zero-order valence-corrected chi connectivity index (χ0v) is 9.29. The molecule has 1 aromatic carbocycles. The van der Waals surface area contributed by atoms with Crippen molar-refractivity contribution < 1.29 is 4.79 Å². The van der Waals surface area contributed by atoms with Crippen LogP contribution in [0, 0.1) is 0 Å². The van der Waals surface area contributed by atoms with Gasteiger partial charge < -0.3 is 10.6 Å². The maximum Gasteiger partial charge on any atom is 0.237 e. The molecule has 15 heavy (non-hydrogen) atoms. The number of amides is 1. The van der Waals surface area contributed by atoms with Crippen molar-refractivity contribution >= 4 is 5.91 Å². The minimum Gasteiger partial charge on any atom is -0.351 e.